The molecule has 1 atom stereocenters. The van der Waals surface area contributed by atoms with E-state index in [-0.39, 0.29) is 17.9 Å². The lowest BCUT2D eigenvalue weighted by Gasteiger charge is -2.38. The molecule has 0 aliphatic heterocycles. The number of hydrogen-bond donors (Lipinski definition) is 2. The van der Waals surface area contributed by atoms with Gasteiger partial charge in [0, 0.05) is 15.8 Å². The number of aliphatic carboxylic acids is 1. The molecule has 3 nitrogen and oxygen atoms in total. The Bertz CT molecular complexity index is 449. The molecule has 1 fully saturated rings. The molecule has 4 heteroatoms. The van der Waals surface area contributed by atoms with Crippen molar-refractivity contribution in [2.45, 2.75) is 64.3 Å². The highest BCUT2D eigenvalue weighted by Gasteiger charge is 2.36. The Morgan fingerprint density at radius 3 is 2.65 bits per heavy atom. The molecule has 0 radical (unpaired) electrons. The fraction of sp³-hybridized carbons (Fsp3) is 0.688. The highest BCUT2D eigenvalue weighted by Crippen LogP contribution is 2.45. The first-order chi connectivity index (χ1) is 9.54. The first-order valence-electron chi connectivity index (χ1n) is 7.61. The minimum Gasteiger partial charge on any atom is -0.481 e. The van der Waals surface area contributed by atoms with Gasteiger partial charge in [-0.15, -0.1) is 11.3 Å². The van der Waals surface area contributed by atoms with Gasteiger partial charge in [0.15, 0.2) is 0 Å². The van der Waals surface area contributed by atoms with Gasteiger partial charge in [0.25, 0.3) is 0 Å². The van der Waals surface area contributed by atoms with Gasteiger partial charge in [0.2, 0.25) is 0 Å². The van der Waals surface area contributed by atoms with Crippen molar-refractivity contribution in [1.82, 2.24) is 0 Å². The van der Waals surface area contributed by atoms with Gasteiger partial charge in [0.05, 0.1) is 6.42 Å². The third-order valence-corrected chi connectivity index (χ3v) is 5.85. The van der Waals surface area contributed by atoms with E-state index in [1.165, 1.54) is 16.2 Å². The van der Waals surface area contributed by atoms with Crippen LogP contribution in [0.25, 0.3) is 0 Å². The van der Waals surface area contributed by atoms with Crippen molar-refractivity contribution in [3.05, 3.63) is 21.9 Å². The lowest BCUT2D eigenvalue weighted by atomic mass is 9.68. The Hall–Kier alpha value is -0.870. The topological polar surface area (TPSA) is 63.3 Å². The quantitative estimate of drug-likeness (QED) is 0.829. The second kappa shape index (κ2) is 6.72. The monoisotopic (exact) mass is 295 g/mol. The van der Waals surface area contributed by atoms with Crippen LogP contribution in [0.5, 0.6) is 0 Å². The van der Waals surface area contributed by atoms with Gasteiger partial charge in [-0.3, -0.25) is 4.79 Å². The fourth-order valence-electron chi connectivity index (χ4n) is 3.43. The van der Waals surface area contributed by atoms with Crippen LogP contribution in [-0.2, 0) is 11.2 Å². The smallest absolute Gasteiger partial charge is 0.303 e. The van der Waals surface area contributed by atoms with Gasteiger partial charge in [-0.05, 0) is 43.2 Å². The second-order valence-electron chi connectivity index (χ2n) is 6.10. The van der Waals surface area contributed by atoms with Crippen LogP contribution < -0.4 is 5.73 Å². The molecule has 1 heterocycles. The van der Waals surface area contributed by atoms with Gasteiger partial charge in [-0.1, -0.05) is 26.2 Å². The third-order valence-electron chi connectivity index (χ3n) is 4.49. The fourth-order valence-corrected chi connectivity index (χ4v) is 4.38. The summed E-state index contributed by atoms with van der Waals surface area (Å²) in [6.45, 7) is 2.15. The number of nitrogens with two attached hydrogens (primary N) is 1. The van der Waals surface area contributed by atoms with Crippen LogP contribution in [0.2, 0.25) is 0 Å². The molecule has 1 unspecified atom stereocenters. The number of carbonyl (C=O) groups is 1. The van der Waals surface area contributed by atoms with E-state index in [2.05, 4.69) is 19.1 Å². The van der Waals surface area contributed by atoms with Gasteiger partial charge < -0.3 is 10.8 Å². The van der Waals surface area contributed by atoms with Gasteiger partial charge in [0.1, 0.15) is 0 Å². The maximum absolute atomic E-state index is 11.2. The Balaban J connectivity index is 2.08. The Kier molecular flexibility index (Phi) is 5.22. The Morgan fingerprint density at radius 1 is 1.40 bits per heavy atom. The Labute approximate surface area is 125 Å². The molecule has 0 bridgehead atoms. The van der Waals surface area contributed by atoms with Crippen LogP contribution in [0.3, 0.4) is 0 Å². The average molecular weight is 295 g/mol. The van der Waals surface area contributed by atoms with E-state index in [1.54, 1.807) is 11.3 Å². The number of aryl methyl sites for hydroxylation is 1. The van der Waals surface area contributed by atoms with Crippen LogP contribution in [0.15, 0.2) is 12.1 Å². The lowest BCUT2D eigenvalue weighted by molar-refractivity contribution is -0.140. The van der Waals surface area contributed by atoms with Crippen LogP contribution >= 0.6 is 11.3 Å². The van der Waals surface area contributed by atoms with Gasteiger partial charge >= 0.3 is 5.97 Å². The lowest BCUT2D eigenvalue weighted by Crippen LogP contribution is -2.31. The standard InChI is InChI=1S/C16H25NO2S/c1-2-12-6-7-14(20-12)13(17)10-16(11-15(18)19)8-4-3-5-9-16/h6-7,13H,2-5,8-11,17H2,1H3,(H,18,19). The molecule has 1 saturated carbocycles. The van der Waals surface area contributed by atoms with Crippen LogP contribution in [0.1, 0.15) is 67.7 Å². The number of rotatable bonds is 6. The normalized spacial score (nSPS) is 19.7. The Morgan fingerprint density at radius 2 is 2.10 bits per heavy atom. The summed E-state index contributed by atoms with van der Waals surface area (Å²) in [6.07, 6.45) is 7.66. The zero-order valence-electron chi connectivity index (χ0n) is 12.2. The molecule has 0 spiro atoms. The van der Waals surface area contributed by atoms with Crippen LogP contribution in [0.4, 0.5) is 0 Å². The van der Waals surface area contributed by atoms with E-state index in [0.717, 1.165) is 38.5 Å². The molecule has 1 aliphatic rings. The predicted molar refractivity (Wildman–Crippen MR) is 83.0 cm³/mol. The highest BCUT2D eigenvalue weighted by molar-refractivity contribution is 7.12. The van der Waals surface area contributed by atoms with Crippen molar-refractivity contribution in [2.24, 2.45) is 11.1 Å². The van der Waals surface area contributed by atoms with E-state index in [0.29, 0.717) is 0 Å². The van der Waals surface area contributed by atoms with Crippen molar-refractivity contribution >= 4 is 17.3 Å². The SMILES string of the molecule is CCc1ccc(C(N)CC2(CC(=O)O)CCCCC2)s1. The summed E-state index contributed by atoms with van der Waals surface area (Å²) in [5.41, 5.74) is 6.29. The zero-order valence-corrected chi connectivity index (χ0v) is 13.0. The second-order valence-corrected chi connectivity index (χ2v) is 7.30. The van der Waals surface area contributed by atoms with Crippen LogP contribution in [0, 0.1) is 5.41 Å². The molecule has 1 aromatic rings. The molecule has 0 aromatic carbocycles. The highest BCUT2D eigenvalue weighted by atomic mass is 32.1. The first-order valence-corrected chi connectivity index (χ1v) is 8.42. The van der Waals surface area contributed by atoms with Crippen molar-refractivity contribution < 1.29 is 9.90 Å². The summed E-state index contributed by atoms with van der Waals surface area (Å²) in [6, 6.07) is 4.24. The summed E-state index contributed by atoms with van der Waals surface area (Å²) < 4.78 is 0. The summed E-state index contributed by atoms with van der Waals surface area (Å²) in [5.74, 6) is -0.681. The van der Waals surface area contributed by atoms with E-state index < -0.39 is 5.97 Å². The molecule has 2 rings (SSSR count). The molecule has 1 aromatic heterocycles. The van der Waals surface area contributed by atoms with Gasteiger partial charge in [-0.25, -0.2) is 0 Å². The molecule has 0 saturated heterocycles. The summed E-state index contributed by atoms with van der Waals surface area (Å²) >= 11 is 1.77. The molecular weight excluding hydrogens is 270 g/mol. The van der Waals surface area contributed by atoms with Crippen molar-refractivity contribution in [1.29, 1.82) is 0 Å². The molecule has 0 amide bonds. The van der Waals surface area contributed by atoms with Crippen LogP contribution in [-0.4, -0.2) is 11.1 Å². The van der Waals surface area contributed by atoms with Crippen molar-refractivity contribution in [3.8, 4) is 0 Å². The maximum atomic E-state index is 11.2. The average Bonchev–Trinajstić information content (AvgIpc) is 2.87. The molecule has 20 heavy (non-hydrogen) atoms. The number of thiophene rings is 1. The van der Waals surface area contributed by atoms with Gasteiger partial charge in [-0.2, -0.15) is 0 Å². The van der Waals surface area contributed by atoms with Crippen molar-refractivity contribution in [2.75, 3.05) is 0 Å². The first kappa shape index (κ1) is 15.5. The minimum atomic E-state index is -0.681. The minimum absolute atomic E-state index is 0.0160. The van der Waals surface area contributed by atoms with E-state index in [1.807, 2.05) is 0 Å². The summed E-state index contributed by atoms with van der Waals surface area (Å²) in [7, 11) is 0. The molecule has 112 valence electrons. The molecule has 1 aliphatic carbocycles. The third kappa shape index (κ3) is 3.83. The summed E-state index contributed by atoms with van der Waals surface area (Å²) in [5, 5.41) is 9.22. The summed E-state index contributed by atoms with van der Waals surface area (Å²) in [4.78, 5) is 13.8. The van der Waals surface area contributed by atoms with E-state index in [4.69, 9.17) is 5.73 Å². The number of carboxylic acids is 1. The van der Waals surface area contributed by atoms with Crippen molar-refractivity contribution in [3.63, 3.8) is 0 Å². The largest absolute Gasteiger partial charge is 0.481 e. The number of carboxylic acid groups (broad SMARTS) is 1. The molecule has 3 N–H and O–H groups in total. The maximum Gasteiger partial charge on any atom is 0.303 e. The van der Waals surface area contributed by atoms with E-state index in [9.17, 15) is 9.90 Å². The number of hydrogen-bond acceptors (Lipinski definition) is 3. The zero-order chi connectivity index (χ0) is 14.6. The molecular formula is C16H25NO2S. The predicted octanol–water partition coefficient (Wildman–Crippen LogP) is 4.13. The van der Waals surface area contributed by atoms with E-state index >= 15 is 0 Å².